The van der Waals surface area contributed by atoms with Crippen LogP contribution >= 0.6 is 23.2 Å². The Labute approximate surface area is 88.9 Å². The van der Waals surface area contributed by atoms with Crippen molar-refractivity contribution in [1.82, 2.24) is 0 Å². The molecule has 1 aromatic rings. The molecule has 68 valence electrons. The van der Waals surface area contributed by atoms with Gasteiger partial charge < -0.3 is 0 Å². The van der Waals surface area contributed by atoms with E-state index < -0.39 is 0 Å². The van der Waals surface area contributed by atoms with Crippen molar-refractivity contribution in [2.45, 2.75) is 13.8 Å². The van der Waals surface area contributed by atoms with E-state index in [4.69, 9.17) is 23.2 Å². The molecule has 0 saturated carbocycles. The lowest BCUT2D eigenvalue weighted by molar-refractivity contribution is 1.33. The highest BCUT2D eigenvalue weighted by Crippen LogP contribution is 2.19. The molecule has 0 aliphatic heterocycles. The Morgan fingerprint density at radius 2 is 1.85 bits per heavy atom. The van der Waals surface area contributed by atoms with Crippen LogP contribution in [0.25, 0.3) is 0 Å². The van der Waals surface area contributed by atoms with Gasteiger partial charge in [0.05, 0.1) is 10.9 Å². The molecule has 0 atom stereocenters. The van der Waals surface area contributed by atoms with Crippen LogP contribution in [0.5, 0.6) is 0 Å². The third kappa shape index (κ3) is 2.66. The van der Waals surface area contributed by atoms with Gasteiger partial charge in [-0.15, -0.1) is 11.6 Å². The Balaban J connectivity index is 3.16. The second-order valence-electron chi connectivity index (χ2n) is 2.85. The van der Waals surface area contributed by atoms with Gasteiger partial charge in [0.2, 0.25) is 0 Å². The molecule has 0 spiro atoms. The number of rotatable bonds is 0. The molecule has 0 radical (unpaired) electrons. The summed E-state index contributed by atoms with van der Waals surface area (Å²) in [5.41, 5.74) is 3.23. The summed E-state index contributed by atoms with van der Waals surface area (Å²) in [6.07, 6.45) is 0. The molecule has 0 amide bonds. The molecule has 0 fully saturated rings. The van der Waals surface area contributed by atoms with Crippen LogP contribution < -0.4 is 0 Å². The molecule has 0 aliphatic carbocycles. The third-order valence-electron chi connectivity index (χ3n) is 1.87. The van der Waals surface area contributed by atoms with Crippen molar-refractivity contribution >= 4 is 23.2 Å². The van der Waals surface area contributed by atoms with Gasteiger partial charge in [0, 0.05) is 5.56 Å². The molecule has 0 unspecified atom stereocenters. The fourth-order valence-electron chi connectivity index (χ4n) is 1.01. The number of benzene rings is 1. The van der Waals surface area contributed by atoms with E-state index in [-0.39, 0.29) is 0 Å². The number of halogens is 2. The largest absolute Gasteiger partial charge is 0.113 e. The summed E-state index contributed by atoms with van der Waals surface area (Å²) >= 11 is 11.4. The van der Waals surface area contributed by atoms with Crippen molar-refractivity contribution in [1.29, 1.82) is 0 Å². The first kappa shape index (κ1) is 10.4. The average Bonchev–Trinajstić information content (AvgIpc) is 2.09. The molecule has 0 saturated heterocycles. The lowest BCUT2D eigenvalue weighted by Crippen LogP contribution is -1.85. The van der Waals surface area contributed by atoms with Gasteiger partial charge in [-0.2, -0.15) is 0 Å². The molecular weight excluding hydrogens is 203 g/mol. The second kappa shape index (κ2) is 4.56. The predicted octanol–water partition coefficient (Wildman–Crippen LogP) is 3.55. The molecule has 1 rings (SSSR count). The predicted molar refractivity (Wildman–Crippen MR) is 58.5 cm³/mol. The quantitative estimate of drug-likeness (QED) is 0.456. The van der Waals surface area contributed by atoms with Crippen LogP contribution in [0.1, 0.15) is 16.7 Å². The van der Waals surface area contributed by atoms with E-state index in [1.54, 1.807) is 0 Å². The average molecular weight is 213 g/mol. The summed E-state index contributed by atoms with van der Waals surface area (Å²) in [4.78, 5) is 0. The van der Waals surface area contributed by atoms with Crippen molar-refractivity contribution in [2.75, 3.05) is 5.88 Å². The standard InChI is InChI=1S/C11H10Cl2/c1-8-6-10(4-3-5-12)11(13)7-9(8)2/h6-7H,5H2,1-2H3. The van der Waals surface area contributed by atoms with Crippen LogP contribution in [0.2, 0.25) is 5.02 Å². The molecule has 0 heterocycles. The van der Waals surface area contributed by atoms with Crippen LogP contribution in [0, 0.1) is 25.7 Å². The molecular formula is C11H10Cl2. The summed E-state index contributed by atoms with van der Waals surface area (Å²) in [5, 5.41) is 0.695. The first-order valence-electron chi connectivity index (χ1n) is 3.96. The van der Waals surface area contributed by atoms with Crippen LogP contribution in [0.15, 0.2) is 12.1 Å². The maximum Gasteiger partial charge on any atom is 0.0839 e. The number of hydrogen-bond donors (Lipinski definition) is 0. The van der Waals surface area contributed by atoms with Gasteiger partial charge in [-0.1, -0.05) is 23.4 Å². The number of alkyl halides is 1. The maximum atomic E-state index is 5.99. The van der Waals surface area contributed by atoms with Crippen molar-refractivity contribution < 1.29 is 0 Å². The summed E-state index contributed by atoms with van der Waals surface area (Å²) in [6.45, 7) is 4.07. The van der Waals surface area contributed by atoms with Crippen LogP contribution in [-0.2, 0) is 0 Å². The fourth-order valence-corrected chi connectivity index (χ4v) is 1.34. The van der Waals surface area contributed by atoms with E-state index in [1.165, 1.54) is 11.1 Å². The topological polar surface area (TPSA) is 0 Å². The van der Waals surface area contributed by atoms with Crippen LogP contribution in [0.3, 0.4) is 0 Å². The summed E-state index contributed by atoms with van der Waals surface area (Å²) in [5.74, 6) is 6.04. The van der Waals surface area contributed by atoms with Crippen molar-refractivity contribution in [2.24, 2.45) is 0 Å². The van der Waals surface area contributed by atoms with Crippen molar-refractivity contribution in [3.8, 4) is 11.8 Å². The Bertz CT molecular complexity index is 370. The van der Waals surface area contributed by atoms with Gasteiger partial charge in [0.1, 0.15) is 0 Å². The fraction of sp³-hybridized carbons (Fsp3) is 0.273. The van der Waals surface area contributed by atoms with Crippen LogP contribution in [0.4, 0.5) is 0 Å². The zero-order valence-electron chi connectivity index (χ0n) is 7.62. The van der Waals surface area contributed by atoms with Gasteiger partial charge in [0.15, 0.2) is 0 Å². The highest BCUT2D eigenvalue weighted by Gasteiger charge is 1.99. The van der Waals surface area contributed by atoms with Gasteiger partial charge >= 0.3 is 0 Å². The van der Waals surface area contributed by atoms with Gasteiger partial charge in [-0.25, -0.2) is 0 Å². The minimum Gasteiger partial charge on any atom is -0.113 e. The molecule has 1 aromatic carbocycles. The van der Waals surface area contributed by atoms with E-state index in [0.717, 1.165) is 5.56 Å². The SMILES string of the molecule is Cc1cc(Cl)c(C#CCCl)cc1C. The molecule has 0 N–H and O–H groups in total. The van der Waals surface area contributed by atoms with E-state index in [0.29, 0.717) is 10.9 Å². The van der Waals surface area contributed by atoms with Crippen molar-refractivity contribution in [3.63, 3.8) is 0 Å². The Morgan fingerprint density at radius 1 is 1.23 bits per heavy atom. The van der Waals surface area contributed by atoms with Gasteiger partial charge in [-0.05, 0) is 37.1 Å². The summed E-state index contributed by atoms with van der Waals surface area (Å²) in [6, 6.07) is 3.91. The molecule has 2 heteroatoms. The Morgan fingerprint density at radius 3 is 2.46 bits per heavy atom. The highest BCUT2D eigenvalue weighted by atomic mass is 35.5. The van der Waals surface area contributed by atoms with E-state index >= 15 is 0 Å². The highest BCUT2D eigenvalue weighted by molar-refractivity contribution is 6.31. The lowest BCUT2D eigenvalue weighted by atomic mass is 10.1. The molecule has 13 heavy (non-hydrogen) atoms. The molecule has 0 bridgehead atoms. The van der Waals surface area contributed by atoms with E-state index in [2.05, 4.69) is 11.8 Å². The number of aryl methyl sites for hydroxylation is 2. The second-order valence-corrected chi connectivity index (χ2v) is 3.53. The first-order valence-corrected chi connectivity index (χ1v) is 4.88. The van der Waals surface area contributed by atoms with Gasteiger partial charge in [-0.3, -0.25) is 0 Å². The normalized spacial score (nSPS) is 9.23. The zero-order chi connectivity index (χ0) is 9.84. The monoisotopic (exact) mass is 212 g/mol. The third-order valence-corrected chi connectivity index (χ3v) is 2.32. The van der Waals surface area contributed by atoms with E-state index in [9.17, 15) is 0 Å². The lowest BCUT2D eigenvalue weighted by Gasteiger charge is -2.02. The zero-order valence-corrected chi connectivity index (χ0v) is 9.13. The van der Waals surface area contributed by atoms with E-state index in [1.807, 2.05) is 26.0 Å². The molecule has 0 aliphatic rings. The minimum absolute atomic E-state index is 0.337. The number of hydrogen-bond acceptors (Lipinski definition) is 0. The van der Waals surface area contributed by atoms with Crippen molar-refractivity contribution in [3.05, 3.63) is 33.8 Å². The summed E-state index contributed by atoms with van der Waals surface area (Å²) < 4.78 is 0. The smallest absolute Gasteiger partial charge is 0.0839 e. The minimum atomic E-state index is 0.337. The first-order chi connectivity index (χ1) is 6.15. The van der Waals surface area contributed by atoms with Gasteiger partial charge in [0.25, 0.3) is 0 Å². The molecule has 0 nitrogen and oxygen atoms in total. The Kier molecular flexibility index (Phi) is 3.66. The summed E-state index contributed by atoms with van der Waals surface area (Å²) in [7, 11) is 0. The van der Waals surface area contributed by atoms with Crippen LogP contribution in [-0.4, -0.2) is 5.88 Å². The Hall–Kier alpha value is -0.640. The maximum absolute atomic E-state index is 5.99. The molecule has 0 aromatic heterocycles.